The number of hydrogen-bond donors (Lipinski definition) is 1. The Morgan fingerprint density at radius 2 is 1.63 bits per heavy atom. The Morgan fingerprint density at radius 1 is 1.05 bits per heavy atom. The summed E-state index contributed by atoms with van der Waals surface area (Å²) in [5.41, 5.74) is 1.37. The number of likely N-dealkylation sites (N-methyl/N-ethyl adjacent to an activating group) is 2. The van der Waals surface area contributed by atoms with Crippen molar-refractivity contribution in [1.82, 2.24) is 10.2 Å². The van der Waals surface area contributed by atoms with Crippen molar-refractivity contribution in [2.24, 2.45) is 11.8 Å². The molecule has 0 spiro atoms. The summed E-state index contributed by atoms with van der Waals surface area (Å²) >= 11 is 0. The van der Waals surface area contributed by atoms with Crippen LogP contribution < -0.4 is 5.32 Å². The van der Waals surface area contributed by atoms with Crippen LogP contribution in [-0.4, -0.2) is 31.6 Å². The monoisotopic (exact) mass is 262 g/mol. The first-order valence-electron chi connectivity index (χ1n) is 7.39. The first-order valence-corrected chi connectivity index (χ1v) is 7.39. The van der Waals surface area contributed by atoms with Crippen LogP contribution in [0.25, 0.3) is 0 Å². The zero-order valence-electron chi connectivity index (χ0n) is 13.4. The minimum atomic E-state index is 0.380. The molecule has 0 bridgehead atoms. The molecular weight excluding hydrogens is 232 g/mol. The van der Waals surface area contributed by atoms with Crippen molar-refractivity contribution in [2.75, 3.05) is 20.6 Å². The van der Waals surface area contributed by atoms with Crippen molar-refractivity contribution in [3.05, 3.63) is 35.9 Å². The Bertz CT molecular complexity index is 346. The van der Waals surface area contributed by atoms with Crippen LogP contribution in [0.4, 0.5) is 0 Å². The van der Waals surface area contributed by atoms with Gasteiger partial charge >= 0.3 is 0 Å². The van der Waals surface area contributed by atoms with E-state index in [1.54, 1.807) is 0 Å². The standard InChI is InChI=1S/C17H30N2/c1-13(2)12-19(6)17(14(3)4)16(18-5)15-10-8-7-9-11-15/h7-11,13-14,16-18H,12H2,1-6H3. The van der Waals surface area contributed by atoms with E-state index < -0.39 is 0 Å². The lowest BCUT2D eigenvalue weighted by atomic mass is 9.89. The number of nitrogens with zero attached hydrogens (tertiary/aromatic N) is 1. The lowest BCUT2D eigenvalue weighted by Crippen LogP contribution is -2.46. The average molecular weight is 262 g/mol. The lowest BCUT2D eigenvalue weighted by molar-refractivity contribution is 0.136. The Hall–Kier alpha value is -0.860. The lowest BCUT2D eigenvalue weighted by Gasteiger charge is -2.38. The van der Waals surface area contributed by atoms with Gasteiger partial charge in [0.25, 0.3) is 0 Å². The molecule has 0 radical (unpaired) electrons. The van der Waals surface area contributed by atoms with E-state index in [1.165, 1.54) is 5.56 Å². The quantitative estimate of drug-likeness (QED) is 0.808. The third-order valence-corrected chi connectivity index (χ3v) is 3.66. The van der Waals surface area contributed by atoms with Gasteiger partial charge in [-0.2, -0.15) is 0 Å². The van der Waals surface area contributed by atoms with E-state index in [-0.39, 0.29) is 0 Å². The molecule has 1 aromatic rings. The third kappa shape index (κ3) is 4.63. The van der Waals surface area contributed by atoms with Gasteiger partial charge in [0.15, 0.2) is 0 Å². The van der Waals surface area contributed by atoms with E-state index in [2.05, 4.69) is 82.3 Å². The summed E-state index contributed by atoms with van der Waals surface area (Å²) in [6.45, 7) is 10.3. The summed E-state index contributed by atoms with van der Waals surface area (Å²) in [6, 6.07) is 11.7. The predicted molar refractivity (Wildman–Crippen MR) is 84.3 cm³/mol. The highest BCUT2D eigenvalue weighted by Gasteiger charge is 2.28. The molecule has 1 rings (SSSR count). The predicted octanol–water partition coefficient (Wildman–Crippen LogP) is 3.56. The molecule has 0 aliphatic rings. The van der Waals surface area contributed by atoms with Crippen LogP contribution in [0.1, 0.15) is 39.3 Å². The van der Waals surface area contributed by atoms with Gasteiger partial charge in [0, 0.05) is 18.6 Å². The van der Waals surface area contributed by atoms with Gasteiger partial charge in [-0.3, -0.25) is 0 Å². The van der Waals surface area contributed by atoms with Crippen LogP contribution in [0, 0.1) is 11.8 Å². The summed E-state index contributed by atoms with van der Waals surface area (Å²) < 4.78 is 0. The van der Waals surface area contributed by atoms with E-state index in [4.69, 9.17) is 0 Å². The molecule has 0 aliphatic carbocycles. The van der Waals surface area contributed by atoms with Crippen molar-refractivity contribution >= 4 is 0 Å². The fourth-order valence-electron chi connectivity index (χ4n) is 3.04. The molecule has 2 nitrogen and oxygen atoms in total. The molecule has 19 heavy (non-hydrogen) atoms. The van der Waals surface area contributed by atoms with Crippen LogP contribution in [0.3, 0.4) is 0 Å². The van der Waals surface area contributed by atoms with Crippen LogP contribution in [0.15, 0.2) is 30.3 Å². The maximum atomic E-state index is 3.51. The zero-order valence-corrected chi connectivity index (χ0v) is 13.4. The Labute approximate surface area is 119 Å². The average Bonchev–Trinajstić information content (AvgIpc) is 2.35. The highest BCUT2D eigenvalue weighted by atomic mass is 15.2. The van der Waals surface area contributed by atoms with Crippen molar-refractivity contribution in [1.29, 1.82) is 0 Å². The van der Waals surface area contributed by atoms with Gasteiger partial charge < -0.3 is 10.2 Å². The molecule has 0 saturated heterocycles. The number of nitrogens with one attached hydrogen (secondary N) is 1. The fraction of sp³-hybridized carbons (Fsp3) is 0.647. The molecule has 0 aromatic heterocycles. The SMILES string of the molecule is CNC(c1ccccc1)C(C(C)C)N(C)CC(C)C. The number of hydrogen-bond acceptors (Lipinski definition) is 2. The van der Waals surface area contributed by atoms with Crippen LogP contribution in [0.2, 0.25) is 0 Å². The molecule has 2 unspecified atom stereocenters. The van der Waals surface area contributed by atoms with Gasteiger partial charge in [0.2, 0.25) is 0 Å². The normalized spacial score (nSPS) is 15.2. The summed E-state index contributed by atoms with van der Waals surface area (Å²) in [5, 5.41) is 3.51. The maximum Gasteiger partial charge on any atom is 0.0478 e. The van der Waals surface area contributed by atoms with Crippen molar-refractivity contribution in [2.45, 2.75) is 39.8 Å². The van der Waals surface area contributed by atoms with E-state index in [9.17, 15) is 0 Å². The van der Waals surface area contributed by atoms with E-state index in [0.717, 1.165) is 6.54 Å². The van der Waals surface area contributed by atoms with E-state index >= 15 is 0 Å². The number of rotatable bonds is 7. The van der Waals surface area contributed by atoms with E-state index in [1.807, 2.05) is 0 Å². The summed E-state index contributed by atoms with van der Waals surface area (Å²) in [6.07, 6.45) is 0. The van der Waals surface area contributed by atoms with Crippen LogP contribution in [-0.2, 0) is 0 Å². The first-order chi connectivity index (χ1) is 8.97. The molecule has 0 heterocycles. The minimum Gasteiger partial charge on any atom is -0.312 e. The molecule has 1 aromatic carbocycles. The van der Waals surface area contributed by atoms with Crippen LogP contribution >= 0.6 is 0 Å². The molecule has 0 amide bonds. The molecule has 0 saturated carbocycles. The zero-order chi connectivity index (χ0) is 14.4. The van der Waals surface area contributed by atoms with Gasteiger partial charge in [0.1, 0.15) is 0 Å². The Morgan fingerprint density at radius 3 is 2.05 bits per heavy atom. The topological polar surface area (TPSA) is 15.3 Å². The molecule has 0 fully saturated rings. The van der Waals surface area contributed by atoms with E-state index in [0.29, 0.717) is 23.9 Å². The second-order valence-corrected chi connectivity index (χ2v) is 6.25. The molecule has 2 heteroatoms. The van der Waals surface area contributed by atoms with Gasteiger partial charge in [-0.05, 0) is 31.5 Å². The van der Waals surface area contributed by atoms with Crippen molar-refractivity contribution < 1.29 is 0 Å². The molecule has 1 N–H and O–H groups in total. The molecule has 2 atom stereocenters. The second kappa shape index (κ2) is 7.66. The first kappa shape index (κ1) is 16.2. The summed E-state index contributed by atoms with van der Waals surface area (Å²) in [4.78, 5) is 2.50. The molecular formula is C17H30N2. The van der Waals surface area contributed by atoms with Gasteiger partial charge in [-0.15, -0.1) is 0 Å². The van der Waals surface area contributed by atoms with Gasteiger partial charge in [-0.1, -0.05) is 58.0 Å². The minimum absolute atomic E-state index is 0.380. The molecule has 108 valence electrons. The largest absolute Gasteiger partial charge is 0.312 e. The third-order valence-electron chi connectivity index (χ3n) is 3.66. The smallest absolute Gasteiger partial charge is 0.0478 e. The van der Waals surface area contributed by atoms with Gasteiger partial charge in [0.05, 0.1) is 0 Å². The number of benzene rings is 1. The van der Waals surface area contributed by atoms with Crippen LogP contribution in [0.5, 0.6) is 0 Å². The highest BCUT2D eigenvalue weighted by molar-refractivity contribution is 5.21. The van der Waals surface area contributed by atoms with Gasteiger partial charge in [-0.25, -0.2) is 0 Å². The second-order valence-electron chi connectivity index (χ2n) is 6.25. The maximum absolute atomic E-state index is 3.51. The summed E-state index contributed by atoms with van der Waals surface area (Å²) in [7, 11) is 4.31. The Kier molecular flexibility index (Phi) is 6.53. The van der Waals surface area contributed by atoms with Crippen molar-refractivity contribution in [3.63, 3.8) is 0 Å². The molecule has 0 aliphatic heterocycles. The highest BCUT2D eigenvalue weighted by Crippen LogP contribution is 2.26. The summed E-state index contributed by atoms with van der Waals surface area (Å²) in [5.74, 6) is 1.31. The Balaban J connectivity index is 2.95. The fourth-order valence-corrected chi connectivity index (χ4v) is 3.04. The van der Waals surface area contributed by atoms with Crippen molar-refractivity contribution in [3.8, 4) is 0 Å².